The highest BCUT2D eigenvalue weighted by Gasteiger charge is 2.07. The number of phenolic OH excluding ortho intramolecular Hbond substituents is 1. The average molecular weight is 203 g/mol. The summed E-state index contributed by atoms with van der Waals surface area (Å²) in [4.78, 5) is 5.31. The summed E-state index contributed by atoms with van der Waals surface area (Å²) in [5, 5.41) is 10.7. The highest BCUT2D eigenvalue weighted by atomic mass is 16.3. The van der Waals surface area contributed by atoms with Crippen molar-refractivity contribution in [1.29, 1.82) is 0 Å². The molecular formula is C12H16N2O. The van der Waals surface area contributed by atoms with E-state index in [0.29, 0.717) is 5.75 Å². The SMILES string of the molecule is CN([11CH3])CCc1c[nH]c2cccc(O)c12. The first-order valence-corrected chi connectivity index (χ1v) is 5.11. The van der Waals surface area contributed by atoms with Gasteiger partial charge in [0, 0.05) is 23.6 Å². The summed E-state index contributed by atoms with van der Waals surface area (Å²) in [6.07, 6.45) is 2.93. The molecule has 0 atom stereocenters. The average Bonchev–Trinajstić information content (AvgIpc) is 2.59. The molecule has 0 unspecified atom stereocenters. The molecule has 2 aromatic rings. The Balaban J connectivity index is 2.35. The van der Waals surface area contributed by atoms with Crippen LogP contribution in [0, 0.1) is 0 Å². The molecule has 0 spiro atoms. The topological polar surface area (TPSA) is 39.3 Å². The van der Waals surface area contributed by atoms with Crippen LogP contribution in [0.25, 0.3) is 10.9 Å². The molecule has 0 radical (unpaired) electrons. The molecule has 0 aliphatic heterocycles. The van der Waals surface area contributed by atoms with Crippen molar-refractivity contribution in [3.63, 3.8) is 0 Å². The monoisotopic (exact) mass is 203 g/mol. The van der Waals surface area contributed by atoms with E-state index in [0.717, 1.165) is 23.9 Å². The number of rotatable bonds is 3. The maximum Gasteiger partial charge on any atom is 0.125 e. The van der Waals surface area contributed by atoms with Gasteiger partial charge in [-0.15, -0.1) is 0 Å². The second-order valence-corrected chi connectivity index (χ2v) is 4.07. The maximum absolute atomic E-state index is 9.77. The van der Waals surface area contributed by atoms with Crippen LogP contribution in [0.2, 0.25) is 0 Å². The molecule has 2 N–H and O–H groups in total. The van der Waals surface area contributed by atoms with E-state index in [1.165, 1.54) is 5.56 Å². The summed E-state index contributed by atoms with van der Waals surface area (Å²) in [5.41, 5.74) is 2.18. The van der Waals surface area contributed by atoms with Gasteiger partial charge in [0.05, 0.1) is 0 Å². The lowest BCUT2D eigenvalue weighted by atomic mass is 10.1. The van der Waals surface area contributed by atoms with Crippen molar-refractivity contribution in [3.05, 3.63) is 30.0 Å². The second-order valence-electron chi connectivity index (χ2n) is 4.07. The first-order chi connectivity index (χ1) is 7.18. The van der Waals surface area contributed by atoms with Crippen LogP contribution in [0.3, 0.4) is 0 Å². The summed E-state index contributed by atoms with van der Waals surface area (Å²) < 4.78 is 0. The molecule has 2 rings (SSSR count). The number of hydrogen-bond donors (Lipinski definition) is 2. The normalized spacial score (nSPS) is 11.4. The number of nitrogens with zero attached hydrogens (tertiary/aromatic N) is 1. The standard InChI is InChI=1S/C12H16N2O/c1-14(2)7-6-9-8-13-10-4-3-5-11(15)12(9)10/h3-5,8,13,15H,6-7H2,1-2H3/i1-1. The van der Waals surface area contributed by atoms with E-state index in [1.54, 1.807) is 6.07 Å². The lowest BCUT2D eigenvalue weighted by Gasteiger charge is -2.08. The Morgan fingerprint density at radius 2 is 2.13 bits per heavy atom. The van der Waals surface area contributed by atoms with E-state index in [-0.39, 0.29) is 0 Å². The van der Waals surface area contributed by atoms with Gasteiger partial charge in [-0.2, -0.15) is 0 Å². The summed E-state index contributed by atoms with van der Waals surface area (Å²) in [6.45, 7) is 0.987. The number of fused-ring (bicyclic) bond motifs is 1. The molecule has 3 nitrogen and oxygen atoms in total. The number of phenols is 1. The van der Waals surface area contributed by atoms with E-state index < -0.39 is 0 Å². The van der Waals surface area contributed by atoms with Crippen molar-refractivity contribution in [2.75, 3.05) is 20.6 Å². The smallest absolute Gasteiger partial charge is 0.125 e. The number of nitrogens with one attached hydrogen (secondary N) is 1. The fraction of sp³-hybridized carbons (Fsp3) is 0.333. The summed E-state index contributed by atoms with van der Waals surface area (Å²) in [5.74, 6) is 0.363. The summed E-state index contributed by atoms with van der Waals surface area (Å²) in [6, 6.07) is 5.56. The van der Waals surface area contributed by atoms with Gasteiger partial charge < -0.3 is 15.0 Å². The van der Waals surface area contributed by atoms with Crippen molar-refractivity contribution in [1.82, 2.24) is 9.88 Å². The Hall–Kier alpha value is -1.48. The van der Waals surface area contributed by atoms with Gasteiger partial charge in [0.1, 0.15) is 5.75 Å². The van der Waals surface area contributed by atoms with Crippen molar-refractivity contribution in [2.24, 2.45) is 0 Å². The summed E-state index contributed by atoms with van der Waals surface area (Å²) >= 11 is 0. The second kappa shape index (κ2) is 3.95. The number of aromatic amines is 1. The molecule has 80 valence electrons. The van der Waals surface area contributed by atoms with Crippen LogP contribution in [0.1, 0.15) is 5.56 Å². The molecule has 15 heavy (non-hydrogen) atoms. The number of hydrogen-bond acceptors (Lipinski definition) is 2. The van der Waals surface area contributed by atoms with Crippen molar-refractivity contribution in [3.8, 4) is 5.75 Å². The van der Waals surface area contributed by atoms with Crippen LogP contribution in [0.15, 0.2) is 24.4 Å². The molecule has 0 saturated carbocycles. The minimum Gasteiger partial charge on any atom is -0.507 e. The third-order valence-corrected chi connectivity index (χ3v) is 2.59. The van der Waals surface area contributed by atoms with E-state index >= 15 is 0 Å². The fourth-order valence-electron chi connectivity index (χ4n) is 1.78. The van der Waals surface area contributed by atoms with Crippen LogP contribution in [-0.2, 0) is 6.42 Å². The Kier molecular flexibility index (Phi) is 2.64. The Morgan fingerprint density at radius 3 is 2.87 bits per heavy atom. The minimum absolute atomic E-state index is 0.363. The molecule has 1 aromatic carbocycles. The largest absolute Gasteiger partial charge is 0.507 e. The minimum atomic E-state index is 0.363. The predicted octanol–water partition coefficient (Wildman–Crippen LogP) is 1.98. The first kappa shape index (κ1) is 10.1. The zero-order valence-electron chi connectivity index (χ0n) is 9.12. The molecule has 0 saturated heterocycles. The van der Waals surface area contributed by atoms with Crippen molar-refractivity contribution < 1.29 is 5.11 Å². The highest BCUT2D eigenvalue weighted by Crippen LogP contribution is 2.27. The molecule has 3 heteroatoms. The number of H-pyrrole nitrogens is 1. The maximum atomic E-state index is 9.77. The van der Waals surface area contributed by atoms with Gasteiger partial charge in [0.2, 0.25) is 0 Å². The molecular weight excluding hydrogens is 187 g/mol. The van der Waals surface area contributed by atoms with Crippen LogP contribution < -0.4 is 0 Å². The Bertz CT molecular complexity index is 460. The van der Waals surface area contributed by atoms with Crippen molar-refractivity contribution >= 4 is 10.9 Å². The number of likely N-dealkylation sites (N-methyl/N-ethyl adjacent to an activating group) is 1. The molecule has 0 amide bonds. The molecule has 0 aliphatic carbocycles. The molecule has 0 aliphatic rings. The Morgan fingerprint density at radius 1 is 1.33 bits per heavy atom. The lowest BCUT2D eigenvalue weighted by Crippen LogP contribution is -2.14. The Labute approximate surface area is 89.3 Å². The predicted molar refractivity (Wildman–Crippen MR) is 62.2 cm³/mol. The summed E-state index contributed by atoms with van der Waals surface area (Å²) in [7, 11) is 4.10. The zero-order valence-corrected chi connectivity index (χ0v) is 9.12. The third kappa shape index (κ3) is 1.97. The fourth-order valence-corrected chi connectivity index (χ4v) is 1.78. The molecule has 0 fully saturated rings. The highest BCUT2D eigenvalue weighted by molar-refractivity contribution is 5.88. The number of aromatic hydroxyl groups is 1. The van der Waals surface area contributed by atoms with Crippen LogP contribution in [-0.4, -0.2) is 35.6 Å². The van der Waals surface area contributed by atoms with Crippen LogP contribution in [0.4, 0.5) is 0 Å². The van der Waals surface area contributed by atoms with Crippen LogP contribution >= 0.6 is 0 Å². The van der Waals surface area contributed by atoms with E-state index in [4.69, 9.17) is 0 Å². The van der Waals surface area contributed by atoms with Gasteiger partial charge in [0.15, 0.2) is 0 Å². The van der Waals surface area contributed by atoms with Gasteiger partial charge in [0.25, 0.3) is 0 Å². The van der Waals surface area contributed by atoms with Gasteiger partial charge in [-0.1, -0.05) is 6.07 Å². The number of benzene rings is 1. The quantitative estimate of drug-likeness (QED) is 0.800. The molecule has 0 bridgehead atoms. The molecule has 1 aromatic heterocycles. The van der Waals surface area contributed by atoms with Gasteiger partial charge >= 0.3 is 0 Å². The molecule has 1 heterocycles. The van der Waals surface area contributed by atoms with Crippen molar-refractivity contribution in [2.45, 2.75) is 6.42 Å². The number of aromatic nitrogens is 1. The van der Waals surface area contributed by atoms with E-state index in [2.05, 4.69) is 24.0 Å². The lowest BCUT2D eigenvalue weighted by molar-refractivity contribution is 0.414. The van der Waals surface area contributed by atoms with E-state index in [1.807, 2.05) is 18.3 Å². The first-order valence-electron chi connectivity index (χ1n) is 5.11. The van der Waals surface area contributed by atoms with Crippen LogP contribution in [0.5, 0.6) is 5.75 Å². The zero-order chi connectivity index (χ0) is 10.8. The third-order valence-electron chi connectivity index (χ3n) is 2.59. The van der Waals surface area contributed by atoms with Gasteiger partial charge in [-0.3, -0.25) is 0 Å². The van der Waals surface area contributed by atoms with Gasteiger partial charge in [-0.05, 0) is 38.2 Å². The van der Waals surface area contributed by atoms with Gasteiger partial charge in [-0.25, -0.2) is 0 Å². The van der Waals surface area contributed by atoms with E-state index in [9.17, 15) is 5.11 Å².